The van der Waals surface area contributed by atoms with Crippen LogP contribution in [0.4, 0.5) is 4.79 Å². The second-order valence-electron chi connectivity index (χ2n) is 12.0. The Morgan fingerprint density at radius 2 is 1.00 bits per heavy atom. The molecule has 2 aromatic carbocycles. The molecule has 0 aliphatic heterocycles. The maximum absolute atomic E-state index is 12.2. The zero-order valence-electron chi connectivity index (χ0n) is 27.5. The molecule has 0 saturated carbocycles. The van der Waals surface area contributed by atoms with Gasteiger partial charge in [-0.05, 0) is 35.1 Å². The quantitative estimate of drug-likeness (QED) is 0.102. The molecule has 1 aliphatic carbocycles. The number of unbranched alkanes of at least 4 members (excludes halogenated alkanes) is 13. The summed E-state index contributed by atoms with van der Waals surface area (Å²) in [7, 11) is 0. The molecular weight excluding hydrogens is 550 g/mol. The predicted octanol–water partition coefficient (Wildman–Crippen LogP) is 9.45. The van der Waals surface area contributed by atoms with Crippen molar-refractivity contribution in [1.29, 1.82) is 0 Å². The fourth-order valence-corrected chi connectivity index (χ4v) is 5.95. The summed E-state index contributed by atoms with van der Waals surface area (Å²) < 4.78 is 22.5. The van der Waals surface area contributed by atoms with Gasteiger partial charge in [-0.3, -0.25) is 0 Å². The van der Waals surface area contributed by atoms with E-state index in [9.17, 15) is 4.79 Å². The minimum absolute atomic E-state index is 0.0750. The maximum atomic E-state index is 12.2. The van der Waals surface area contributed by atoms with E-state index in [-0.39, 0.29) is 12.0 Å². The predicted molar refractivity (Wildman–Crippen MR) is 180 cm³/mol. The van der Waals surface area contributed by atoms with Gasteiger partial charge >= 0.3 is 6.09 Å². The van der Waals surface area contributed by atoms with Crippen LogP contribution in [0.1, 0.15) is 120 Å². The van der Waals surface area contributed by atoms with Gasteiger partial charge in [0.1, 0.15) is 6.61 Å². The minimum Gasteiger partial charge on any atom is -0.449 e. The molecular formula is C38H59NO5. The Morgan fingerprint density at radius 3 is 1.52 bits per heavy atom. The highest BCUT2D eigenvalue weighted by molar-refractivity contribution is 5.79. The van der Waals surface area contributed by atoms with Crippen LogP contribution in [0.3, 0.4) is 0 Å². The van der Waals surface area contributed by atoms with Crippen LogP contribution >= 0.6 is 0 Å². The molecule has 1 aliphatic rings. The van der Waals surface area contributed by atoms with Crippen LogP contribution in [-0.4, -0.2) is 58.9 Å². The van der Waals surface area contributed by atoms with E-state index in [4.69, 9.17) is 18.9 Å². The lowest BCUT2D eigenvalue weighted by Crippen LogP contribution is -2.27. The van der Waals surface area contributed by atoms with Crippen molar-refractivity contribution < 1.29 is 23.7 Å². The number of carbonyl (C=O) groups excluding carboxylic acids is 1. The number of hydrogen-bond acceptors (Lipinski definition) is 5. The minimum atomic E-state index is -0.385. The van der Waals surface area contributed by atoms with E-state index in [0.29, 0.717) is 46.2 Å². The number of rotatable bonds is 27. The zero-order valence-corrected chi connectivity index (χ0v) is 27.5. The van der Waals surface area contributed by atoms with Crippen molar-refractivity contribution >= 4 is 6.09 Å². The Balaban J connectivity index is 1.02. The molecule has 44 heavy (non-hydrogen) atoms. The first kappa shape index (κ1) is 36.1. The van der Waals surface area contributed by atoms with Gasteiger partial charge in [0.05, 0.1) is 26.4 Å². The Labute approximate surface area is 267 Å². The number of ether oxygens (including phenoxy) is 4. The number of carbonyl (C=O) groups is 1. The van der Waals surface area contributed by atoms with Crippen LogP contribution in [-0.2, 0) is 18.9 Å². The molecule has 0 aromatic heterocycles. The van der Waals surface area contributed by atoms with Crippen molar-refractivity contribution in [3.05, 3.63) is 59.7 Å². The van der Waals surface area contributed by atoms with Crippen LogP contribution in [0.25, 0.3) is 11.1 Å². The van der Waals surface area contributed by atoms with Crippen LogP contribution in [0.15, 0.2) is 48.5 Å². The van der Waals surface area contributed by atoms with Gasteiger partial charge in [0, 0.05) is 25.7 Å². The van der Waals surface area contributed by atoms with Gasteiger partial charge in [0.15, 0.2) is 0 Å². The average molecular weight is 610 g/mol. The molecule has 2 aromatic rings. The number of fused-ring (bicyclic) bond motifs is 3. The first-order chi connectivity index (χ1) is 21.8. The fourth-order valence-electron chi connectivity index (χ4n) is 5.95. The van der Waals surface area contributed by atoms with Crippen molar-refractivity contribution in [3.8, 4) is 11.1 Å². The largest absolute Gasteiger partial charge is 0.449 e. The molecule has 0 radical (unpaired) electrons. The lowest BCUT2D eigenvalue weighted by atomic mass is 9.98. The first-order valence-electron chi connectivity index (χ1n) is 17.6. The van der Waals surface area contributed by atoms with Gasteiger partial charge in [0.2, 0.25) is 0 Å². The Morgan fingerprint density at radius 1 is 0.568 bits per heavy atom. The maximum Gasteiger partial charge on any atom is 0.407 e. The van der Waals surface area contributed by atoms with Crippen molar-refractivity contribution in [1.82, 2.24) is 5.32 Å². The molecule has 246 valence electrons. The van der Waals surface area contributed by atoms with E-state index in [1.165, 1.54) is 106 Å². The third-order valence-electron chi connectivity index (χ3n) is 8.46. The number of alkyl carbamates (subject to hydrolysis) is 1. The van der Waals surface area contributed by atoms with Crippen molar-refractivity contribution in [2.24, 2.45) is 0 Å². The van der Waals surface area contributed by atoms with E-state index in [0.717, 1.165) is 19.4 Å². The SMILES string of the molecule is CCCCCCCCCCCCCCCCOCCOCCOCCCNC(=O)OCC1c2ccccc2-c2ccccc21. The molecule has 6 heteroatoms. The van der Waals surface area contributed by atoms with Gasteiger partial charge in [0.25, 0.3) is 0 Å². The Bertz CT molecular complexity index is 967. The number of amides is 1. The highest BCUT2D eigenvalue weighted by Crippen LogP contribution is 2.44. The number of nitrogens with one attached hydrogen (secondary N) is 1. The molecule has 1 amide bonds. The molecule has 0 heterocycles. The molecule has 3 rings (SSSR count). The number of hydrogen-bond donors (Lipinski definition) is 1. The normalized spacial score (nSPS) is 12.3. The first-order valence-corrected chi connectivity index (χ1v) is 17.6. The summed E-state index contributed by atoms with van der Waals surface area (Å²) >= 11 is 0. The van der Waals surface area contributed by atoms with E-state index < -0.39 is 0 Å². The monoisotopic (exact) mass is 609 g/mol. The molecule has 0 fully saturated rings. The Kier molecular flexibility index (Phi) is 19.6. The standard InChI is InChI=1S/C38H59NO5/c1-2-3-4-5-6-7-8-9-10-11-12-13-14-19-26-41-28-30-43-31-29-42-27-20-25-39-38(40)44-32-37-35-23-17-15-21-33(35)34-22-16-18-24-36(34)37/h15-18,21-24,37H,2-14,19-20,25-32H2,1H3,(H,39,40). The average Bonchev–Trinajstić information content (AvgIpc) is 3.37. The summed E-state index contributed by atoms with van der Waals surface area (Å²) in [6.45, 7) is 6.88. The molecule has 0 bridgehead atoms. The van der Waals surface area contributed by atoms with Gasteiger partial charge in [-0.25, -0.2) is 4.79 Å². The summed E-state index contributed by atoms with van der Waals surface area (Å²) in [6.07, 6.45) is 19.6. The zero-order chi connectivity index (χ0) is 30.9. The van der Waals surface area contributed by atoms with Crippen LogP contribution in [0.5, 0.6) is 0 Å². The highest BCUT2D eigenvalue weighted by Gasteiger charge is 2.28. The topological polar surface area (TPSA) is 66.0 Å². The Hall–Kier alpha value is -2.41. The summed E-state index contributed by atoms with van der Waals surface area (Å²) in [6, 6.07) is 16.7. The molecule has 0 unspecified atom stereocenters. The van der Waals surface area contributed by atoms with E-state index in [2.05, 4.69) is 48.6 Å². The van der Waals surface area contributed by atoms with E-state index >= 15 is 0 Å². The van der Waals surface area contributed by atoms with Gasteiger partial charge in [-0.2, -0.15) is 0 Å². The van der Waals surface area contributed by atoms with Crippen LogP contribution in [0.2, 0.25) is 0 Å². The lowest BCUT2D eigenvalue weighted by Gasteiger charge is -2.14. The number of benzene rings is 2. The summed E-state index contributed by atoms with van der Waals surface area (Å²) in [4.78, 5) is 12.2. The van der Waals surface area contributed by atoms with Crippen LogP contribution in [0, 0.1) is 0 Å². The molecule has 0 saturated heterocycles. The van der Waals surface area contributed by atoms with Crippen molar-refractivity contribution in [2.75, 3.05) is 52.8 Å². The summed E-state index contributed by atoms with van der Waals surface area (Å²) in [5.41, 5.74) is 4.89. The second-order valence-corrected chi connectivity index (χ2v) is 12.0. The third kappa shape index (κ3) is 14.6. The second kappa shape index (κ2) is 23.9. The highest BCUT2D eigenvalue weighted by atomic mass is 16.6. The van der Waals surface area contributed by atoms with Gasteiger partial charge < -0.3 is 24.3 Å². The van der Waals surface area contributed by atoms with Gasteiger partial charge in [-0.15, -0.1) is 0 Å². The molecule has 1 N–H and O–H groups in total. The molecule has 6 nitrogen and oxygen atoms in total. The fraction of sp³-hybridized carbons (Fsp3) is 0.658. The summed E-state index contributed by atoms with van der Waals surface area (Å²) in [5, 5.41) is 2.83. The summed E-state index contributed by atoms with van der Waals surface area (Å²) in [5.74, 6) is 0.0750. The van der Waals surface area contributed by atoms with Crippen molar-refractivity contribution in [2.45, 2.75) is 109 Å². The van der Waals surface area contributed by atoms with Crippen LogP contribution < -0.4 is 5.32 Å². The van der Waals surface area contributed by atoms with E-state index in [1.54, 1.807) is 0 Å². The smallest absolute Gasteiger partial charge is 0.407 e. The van der Waals surface area contributed by atoms with Gasteiger partial charge in [-0.1, -0.05) is 139 Å². The third-order valence-corrected chi connectivity index (χ3v) is 8.46. The molecule has 0 atom stereocenters. The van der Waals surface area contributed by atoms with E-state index in [1.807, 2.05) is 12.1 Å². The lowest BCUT2D eigenvalue weighted by molar-refractivity contribution is 0.0135. The van der Waals surface area contributed by atoms with Crippen molar-refractivity contribution in [3.63, 3.8) is 0 Å². The molecule has 0 spiro atoms.